The van der Waals surface area contributed by atoms with Gasteiger partial charge in [0.15, 0.2) is 0 Å². The normalized spacial score (nSPS) is 27.8. The number of ether oxygens (including phenoxy) is 2. The van der Waals surface area contributed by atoms with E-state index >= 15 is 0 Å². The third kappa shape index (κ3) is 3.31. The van der Waals surface area contributed by atoms with Gasteiger partial charge >= 0.3 is 0 Å². The van der Waals surface area contributed by atoms with Crippen LogP contribution in [0.4, 0.5) is 0 Å². The molecule has 3 unspecified atom stereocenters. The van der Waals surface area contributed by atoms with E-state index in [-0.39, 0.29) is 12.2 Å². The first kappa shape index (κ1) is 13.5. The predicted octanol–water partition coefficient (Wildman–Crippen LogP) is 3.91. The summed E-state index contributed by atoms with van der Waals surface area (Å²) in [5, 5.41) is 0. The molecule has 1 aliphatic rings. The first-order chi connectivity index (χ1) is 8.22. The molecule has 1 fully saturated rings. The van der Waals surface area contributed by atoms with Gasteiger partial charge in [-0.15, -0.1) is 0 Å². The van der Waals surface area contributed by atoms with Crippen LogP contribution in [0.5, 0.6) is 0 Å². The van der Waals surface area contributed by atoms with Crippen molar-refractivity contribution in [1.29, 1.82) is 0 Å². The van der Waals surface area contributed by atoms with Crippen molar-refractivity contribution in [1.82, 2.24) is 0 Å². The van der Waals surface area contributed by atoms with Crippen molar-refractivity contribution in [2.45, 2.75) is 37.0 Å². The second kappa shape index (κ2) is 6.32. The zero-order chi connectivity index (χ0) is 12.3. The van der Waals surface area contributed by atoms with E-state index in [0.717, 1.165) is 17.5 Å². The fraction of sp³-hybridized carbons (Fsp3) is 0.538. The van der Waals surface area contributed by atoms with Gasteiger partial charge in [-0.1, -0.05) is 50.1 Å². The average Bonchev–Trinajstić information content (AvgIpc) is 2.33. The molecule has 0 heterocycles. The Bertz CT molecular complexity index is 370. The zero-order valence-corrected chi connectivity index (χ0v) is 12.9. The summed E-state index contributed by atoms with van der Waals surface area (Å²) >= 11 is 7.12. The number of alkyl halides is 1. The van der Waals surface area contributed by atoms with Crippen LogP contribution in [0.25, 0.3) is 0 Å². The van der Waals surface area contributed by atoms with E-state index < -0.39 is 0 Å². The van der Waals surface area contributed by atoms with Gasteiger partial charge in [0.05, 0.1) is 18.8 Å². The number of hydrogen-bond acceptors (Lipinski definition) is 2. The molecule has 2 nitrogen and oxygen atoms in total. The molecule has 1 saturated carbocycles. The highest BCUT2D eigenvalue weighted by atomic mass is 79.9. The summed E-state index contributed by atoms with van der Waals surface area (Å²) in [6, 6.07) is 8.14. The summed E-state index contributed by atoms with van der Waals surface area (Å²) in [5.41, 5.74) is 1.18. The van der Waals surface area contributed by atoms with Gasteiger partial charge in [0.25, 0.3) is 0 Å². The van der Waals surface area contributed by atoms with Gasteiger partial charge in [-0.2, -0.15) is 0 Å². The van der Waals surface area contributed by atoms with Crippen LogP contribution in [-0.2, 0) is 16.1 Å². The number of rotatable bonds is 5. The maximum atomic E-state index is 5.90. The molecule has 0 saturated heterocycles. The lowest BCUT2D eigenvalue weighted by atomic mass is 9.91. The quantitative estimate of drug-likeness (QED) is 0.738. The molecule has 0 N–H and O–H groups in total. The van der Waals surface area contributed by atoms with Gasteiger partial charge in [0.1, 0.15) is 0 Å². The number of benzene rings is 1. The van der Waals surface area contributed by atoms with Crippen LogP contribution >= 0.6 is 31.9 Å². The fourth-order valence-corrected chi connectivity index (χ4v) is 3.17. The van der Waals surface area contributed by atoms with Gasteiger partial charge in [0, 0.05) is 15.9 Å². The molecule has 17 heavy (non-hydrogen) atoms. The van der Waals surface area contributed by atoms with E-state index in [1.165, 1.54) is 5.56 Å². The summed E-state index contributed by atoms with van der Waals surface area (Å²) in [5.74, 6) is 0. The van der Waals surface area contributed by atoms with Crippen LogP contribution < -0.4 is 0 Å². The fourth-order valence-electron chi connectivity index (χ4n) is 1.91. The highest BCUT2D eigenvalue weighted by Gasteiger charge is 2.41. The van der Waals surface area contributed by atoms with Crippen LogP contribution in [0.1, 0.15) is 18.9 Å². The number of halogens is 2. The monoisotopic (exact) mass is 362 g/mol. The molecule has 0 aromatic heterocycles. The molecule has 2 rings (SSSR count). The molecule has 3 atom stereocenters. The lowest BCUT2D eigenvalue weighted by Gasteiger charge is -2.40. The van der Waals surface area contributed by atoms with Gasteiger partial charge < -0.3 is 9.47 Å². The van der Waals surface area contributed by atoms with Crippen LogP contribution in [-0.4, -0.2) is 23.6 Å². The molecule has 0 radical (unpaired) electrons. The third-order valence-corrected chi connectivity index (χ3v) is 4.62. The summed E-state index contributed by atoms with van der Waals surface area (Å²) in [4.78, 5) is 0.437. The van der Waals surface area contributed by atoms with Gasteiger partial charge in [-0.25, -0.2) is 0 Å². The van der Waals surface area contributed by atoms with Crippen molar-refractivity contribution in [2.75, 3.05) is 6.61 Å². The summed E-state index contributed by atoms with van der Waals surface area (Å²) in [6.07, 6.45) is 1.43. The molecular weight excluding hydrogens is 348 g/mol. The second-order valence-electron chi connectivity index (χ2n) is 4.11. The smallest absolute Gasteiger partial charge is 0.0962 e. The zero-order valence-electron chi connectivity index (χ0n) is 9.74. The van der Waals surface area contributed by atoms with Crippen LogP contribution in [0.15, 0.2) is 28.7 Å². The Hall–Kier alpha value is 0.100. The van der Waals surface area contributed by atoms with E-state index in [4.69, 9.17) is 9.47 Å². The largest absolute Gasteiger partial charge is 0.375 e. The van der Waals surface area contributed by atoms with Crippen LogP contribution in [0.2, 0.25) is 0 Å². The van der Waals surface area contributed by atoms with E-state index in [1.807, 2.05) is 25.1 Å². The van der Waals surface area contributed by atoms with Crippen molar-refractivity contribution in [2.24, 2.45) is 0 Å². The molecule has 0 spiro atoms. The van der Waals surface area contributed by atoms with Crippen LogP contribution in [0, 0.1) is 0 Å². The predicted molar refractivity (Wildman–Crippen MR) is 75.5 cm³/mol. The molecule has 0 bridgehead atoms. The standard InChI is InChI=1S/C13H16Br2O2/c1-2-16-13-11(15)7-12(13)17-8-9-5-3-4-6-10(9)14/h3-6,11-13H,2,7-8H2,1H3. The van der Waals surface area contributed by atoms with Crippen LogP contribution in [0.3, 0.4) is 0 Å². The maximum absolute atomic E-state index is 5.90. The van der Waals surface area contributed by atoms with E-state index in [1.54, 1.807) is 0 Å². The first-order valence-electron chi connectivity index (χ1n) is 5.83. The molecule has 1 aromatic carbocycles. The van der Waals surface area contributed by atoms with Gasteiger partial charge in [-0.05, 0) is 25.0 Å². The van der Waals surface area contributed by atoms with E-state index in [9.17, 15) is 0 Å². The van der Waals surface area contributed by atoms with Crippen molar-refractivity contribution >= 4 is 31.9 Å². The summed E-state index contributed by atoms with van der Waals surface area (Å²) < 4.78 is 12.6. The summed E-state index contributed by atoms with van der Waals surface area (Å²) in [6.45, 7) is 3.39. The maximum Gasteiger partial charge on any atom is 0.0962 e. The Balaban J connectivity index is 1.85. The van der Waals surface area contributed by atoms with Gasteiger partial charge in [-0.3, -0.25) is 0 Å². The SMILES string of the molecule is CCOC1C(Br)CC1OCc1ccccc1Br. The highest BCUT2D eigenvalue weighted by Crippen LogP contribution is 2.34. The molecule has 94 valence electrons. The third-order valence-electron chi connectivity index (χ3n) is 2.95. The molecular formula is C13H16Br2O2. The Kier molecular flexibility index (Phi) is 5.03. The van der Waals surface area contributed by atoms with E-state index in [2.05, 4.69) is 37.9 Å². The highest BCUT2D eigenvalue weighted by molar-refractivity contribution is 9.10. The average molecular weight is 364 g/mol. The topological polar surface area (TPSA) is 18.5 Å². The summed E-state index contributed by atoms with van der Waals surface area (Å²) in [7, 11) is 0. The Morgan fingerprint density at radius 2 is 2.06 bits per heavy atom. The lowest BCUT2D eigenvalue weighted by molar-refractivity contribution is -0.124. The Morgan fingerprint density at radius 3 is 2.71 bits per heavy atom. The first-order valence-corrected chi connectivity index (χ1v) is 7.54. The van der Waals surface area contributed by atoms with Gasteiger partial charge in [0.2, 0.25) is 0 Å². The lowest BCUT2D eigenvalue weighted by Crippen LogP contribution is -2.50. The Morgan fingerprint density at radius 1 is 1.29 bits per heavy atom. The Labute approximate surface area is 119 Å². The molecule has 0 aliphatic heterocycles. The van der Waals surface area contributed by atoms with Crippen molar-refractivity contribution in [3.8, 4) is 0 Å². The second-order valence-corrected chi connectivity index (χ2v) is 6.14. The minimum Gasteiger partial charge on any atom is -0.375 e. The molecule has 4 heteroatoms. The molecule has 1 aliphatic carbocycles. The molecule has 1 aromatic rings. The minimum absolute atomic E-state index is 0.197. The van der Waals surface area contributed by atoms with E-state index in [0.29, 0.717) is 11.4 Å². The number of hydrogen-bond donors (Lipinski definition) is 0. The van der Waals surface area contributed by atoms with Crippen molar-refractivity contribution in [3.63, 3.8) is 0 Å². The van der Waals surface area contributed by atoms with Crippen molar-refractivity contribution in [3.05, 3.63) is 34.3 Å². The van der Waals surface area contributed by atoms with Crippen molar-refractivity contribution < 1.29 is 9.47 Å². The molecule has 0 amide bonds. The minimum atomic E-state index is 0.197.